The van der Waals surface area contributed by atoms with E-state index < -0.39 is 6.10 Å². The Hall–Kier alpha value is -1.88. The smallest absolute Gasteiger partial charge is 0.274 e. The van der Waals surface area contributed by atoms with Gasteiger partial charge < -0.3 is 9.53 Å². The van der Waals surface area contributed by atoms with Crippen LogP contribution in [0.5, 0.6) is 5.75 Å². The summed E-state index contributed by atoms with van der Waals surface area (Å²) >= 11 is 0. The maximum absolute atomic E-state index is 11.6. The van der Waals surface area contributed by atoms with E-state index >= 15 is 0 Å². The molecule has 0 aliphatic carbocycles. The van der Waals surface area contributed by atoms with Crippen molar-refractivity contribution in [3.8, 4) is 5.75 Å². The molecule has 0 aliphatic heterocycles. The second-order valence-corrected chi connectivity index (χ2v) is 4.75. The molecule has 5 nitrogen and oxygen atoms in total. The van der Waals surface area contributed by atoms with Gasteiger partial charge >= 0.3 is 0 Å². The van der Waals surface area contributed by atoms with Crippen molar-refractivity contribution in [2.24, 2.45) is 5.84 Å². The monoisotopic (exact) mass is 278 g/mol. The first-order valence-electron chi connectivity index (χ1n) is 6.82. The molecule has 1 atom stereocenters. The zero-order valence-corrected chi connectivity index (χ0v) is 12.0. The Balaban J connectivity index is 2.62. The Bertz CT molecular complexity index is 443. The summed E-state index contributed by atoms with van der Waals surface area (Å²) in [6.07, 6.45) is 2.11. The van der Waals surface area contributed by atoms with Crippen LogP contribution < -0.4 is 16.0 Å². The highest BCUT2D eigenvalue weighted by atomic mass is 16.5. The molecule has 0 fully saturated rings. The molecule has 0 radical (unpaired) electrons. The second-order valence-electron chi connectivity index (χ2n) is 4.75. The number of amides is 1. The maximum Gasteiger partial charge on any atom is 0.274 e. The molecule has 110 valence electrons. The first-order chi connectivity index (χ1) is 9.56. The predicted molar refractivity (Wildman–Crippen MR) is 77.1 cm³/mol. The summed E-state index contributed by atoms with van der Waals surface area (Å²) in [5.74, 6) is 5.61. The van der Waals surface area contributed by atoms with Gasteiger partial charge in [-0.25, -0.2) is 5.84 Å². The van der Waals surface area contributed by atoms with E-state index in [1.54, 1.807) is 6.92 Å². The third-order valence-electron chi connectivity index (χ3n) is 2.95. The van der Waals surface area contributed by atoms with Crippen molar-refractivity contribution in [2.45, 2.75) is 45.6 Å². The zero-order chi connectivity index (χ0) is 15.0. The van der Waals surface area contributed by atoms with Crippen molar-refractivity contribution in [1.82, 2.24) is 5.43 Å². The van der Waals surface area contributed by atoms with Gasteiger partial charge in [-0.1, -0.05) is 25.5 Å². The molecule has 1 rings (SSSR count). The minimum atomic E-state index is -0.576. The summed E-state index contributed by atoms with van der Waals surface area (Å²) in [6.45, 7) is 3.56. The molecule has 0 aliphatic rings. The number of hydrogen-bond acceptors (Lipinski definition) is 4. The molecule has 20 heavy (non-hydrogen) atoms. The summed E-state index contributed by atoms with van der Waals surface area (Å²) in [5.41, 5.74) is 3.18. The Labute approximate surface area is 119 Å². The molecule has 1 aromatic rings. The summed E-state index contributed by atoms with van der Waals surface area (Å²) in [6, 6.07) is 7.42. The van der Waals surface area contributed by atoms with Crippen molar-refractivity contribution in [1.29, 1.82) is 0 Å². The highest BCUT2D eigenvalue weighted by Gasteiger charge is 2.18. The molecule has 0 saturated heterocycles. The van der Waals surface area contributed by atoms with E-state index in [9.17, 15) is 9.59 Å². The highest BCUT2D eigenvalue weighted by Crippen LogP contribution is 2.16. The van der Waals surface area contributed by atoms with Gasteiger partial charge in [-0.2, -0.15) is 0 Å². The minimum absolute atomic E-state index is 0.174. The second kappa shape index (κ2) is 8.32. The SMILES string of the molecule is CCCC(Oc1ccc(CCC(C)=O)cc1)C(=O)NN. The molecule has 1 aromatic carbocycles. The number of ketones is 1. The molecule has 0 heterocycles. The Kier molecular flexibility index (Phi) is 6.73. The summed E-state index contributed by atoms with van der Waals surface area (Å²) in [7, 11) is 0. The third kappa shape index (κ3) is 5.40. The van der Waals surface area contributed by atoms with E-state index in [1.165, 1.54) is 0 Å². The molecule has 1 amide bonds. The van der Waals surface area contributed by atoms with Crippen molar-refractivity contribution in [2.75, 3.05) is 0 Å². The van der Waals surface area contributed by atoms with Crippen LogP contribution in [0, 0.1) is 0 Å². The van der Waals surface area contributed by atoms with E-state index in [4.69, 9.17) is 10.6 Å². The van der Waals surface area contributed by atoms with Crippen LogP contribution in [0.25, 0.3) is 0 Å². The molecular formula is C15H22N2O3. The van der Waals surface area contributed by atoms with Crippen LogP contribution in [0.1, 0.15) is 38.7 Å². The summed E-state index contributed by atoms with van der Waals surface area (Å²) in [4.78, 5) is 22.5. The average Bonchev–Trinajstić information content (AvgIpc) is 2.45. The largest absolute Gasteiger partial charge is 0.481 e. The number of hydrazine groups is 1. The van der Waals surface area contributed by atoms with Gasteiger partial charge in [0.15, 0.2) is 6.10 Å². The van der Waals surface area contributed by atoms with Gasteiger partial charge in [0.05, 0.1) is 0 Å². The normalized spacial score (nSPS) is 11.8. The Morgan fingerprint density at radius 1 is 1.30 bits per heavy atom. The number of nitrogens with one attached hydrogen (secondary N) is 1. The number of carbonyl (C=O) groups excluding carboxylic acids is 2. The van der Waals surface area contributed by atoms with Crippen LogP contribution in [0.4, 0.5) is 0 Å². The number of benzene rings is 1. The van der Waals surface area contributed by atoms with Crippen LogP contribution in [-0.4, -0.2) is 17.8 Å². The van der Waals surface area contributed by atoms with E-state index in [2.05, 4.69) is 5.43 Å². The first-order valence-corrected chi connectivity index (χ1v) is 6.82. The van der Waals surface area contributed by atoms with Crippen molar-refractivity contribution in [3.63, 3.8) is 0 Å². The number of Topliss-reactive ketones (excluding diaryl/α,β-unsaturated/α-hetero) is 1. The first kappa shape index (κ1) is 16.2. The highest BCUT2D eigenvalue weighted by molar-refractivity contribution is 5.80. The van der Waals surface area contributed by atoms with Crippen LogP contribution >= 0.6 is 0 Å². The van der Waals surface area contributed by atoms with Crippen LogP contribution in [0.3, 0.4) is 0 Å². The lowest BCUT2D eigenvalue weighted by Crippen LogP contribution is -2.42. The summed E-state index contributed by atoms with van der Waals surface area (Å²) < 4.78 is 5.63. The van der Waals surface area contributed by atoms with Crippen LogP contribution in [-0.2, 0) is 16.0 Å². The molecule has 0 aromatic heterocycles. The quantitative estimate of drug-likeness (QED) is 0.431. The Morgan fingerprint density at radius 3 is 2.45 bits per heavy atom. The fraction of sp³-hybridized carbons (Fsp3) is 0.467. The fourth-order valence-corrected chi connectivity index (χ4v) is 1.82. The number of rotatable bonds is 8. The lowest BCUT2D eigenvalue weighted by molar-refractivity contribution is -0.128. The molecule has 3 N–H and O–H groups in total. The molecule has 0 saturated carbocycles. The standard InChI is InChI=1S/C15H22N2O3/c1-3-4-14(15(19)17-16)20-13-9-7-12(8-10-13)6-5-11(2)18/h7-10,14H,3-6,16H2,1-2H3,(H,17,19). The van der Waals surface area contributed by atoms with Gasteiger partial charge in [0, 0.05) is 6.42 Å². The van der Waals surface area contributed by atoms with Gasteiger partial charge in [0.2, 0.25) is 0 Å². The van der Waals surface area contributed by atoms with Crippen molar-refractivity contribution >= 4 is 11.7 Å². The average molecular weight is 278 g/mol. The predicted octanol–water partition coefficient (Wildman–Crippen LogP) is 1.75. The number of ether oxygens (including phenoxy) is 1. The molecule has 0 bridgehead atoms. The van der Waals surface area contributed by atoms with Gasteiger partial charge in [0.1, 0.15) is 11.5 Å². The lowest BCUT2D eigenvalue weighted by Gasteiger charge is -2.17. The number of aryl methyl sites for hydroxylation is 1. The molecule has 5 heteroatoms. The van der Waals surface area contributed by atoms with E-state index in [1.807, 2.05) is 31.2 Å². The van der Waals surface area contributed by atoms with Gasteiger partial charge in [0.25, 0.3) is 5.91 Å². The molecule has 1 unspecified atom stereocenters. The zero-order valence-electron chi connectivity index (χ0n) is 12.0. The number of carbonyl (C=O) groups is 2. The van der Waals surface area contributed by atoms with Gasteiger partial charge in [-0.15, -0.1) is 0 Å². The van der Waals surface area contributed by atoms with Crippen molar-refractivity contribution < 1.29 is 14.3 Å². The van der Waals surface area contributed by atoms with Crippen LogP contribution in [0.2, 0.25) is 0 Å². The molecule has 0 spiro atoms. The van der Waals surface area contributed by atoms with E-state index in [0.29, 0.717) is 18.6 Å². The summed E-state index contributed by atoms with van der Waals surface area (Å²) in [5, 5.41) is 0. The number of nitrogens with two attached hydrogens (primary N) is 1. The van der Waals surface area contributed by atoms with E-state index in [0.717, 1.165) is 18.4 Å². The van der Waals surface area contributed by atoms with E-state index in [-0.39, 0.29) is 11.7 Å². The third-order valence-corrected chi connectivity index (χ3v) is 2.95. The maximum atomic E-state index is 11.6. The van der Waals surface area contributed by atoms with Gasteiger partial charge in [-0.05, 0) is 37.5 Å². The molecular weight excluding hydrogens is 256 g/mol. The van der Waals surface area contributed by atoms with Gasteiger partial charge in [-0.3, -0.25) is 10.2 Å². The Morgan fingerprint density at radius 2 is 1.95 bits per heavy atom. The van der Waals surface area contributed by atoms with Crippen LogP contribution in [0.15, 0.2) is 24.3 Å². The van der Waals surface area contributed by atoms with Crippen molar-refractivity contribution in [3.05, 3.63) is 29.8 Å². The lowest BCUT2D eigenvalue weighted by atomic mass is 10.1. The fourth-order valence-electron chi connectivity index (χ4n) is 1.82. The topological polar surface area (TPSA) is 81.4 Å². The minimum Gasteiger partial charge on any atom is -0.481 e. The number of hydrogen-bond donors (Lipinski definition) is 2.